The first-order valence-corrected chi connectivity index (χ1v) is 9.67. The van der Waals surface area contributed by atoms with Gasteiger partial charge in [0.1, 0.15) is 10.7 Å². The highest BCUT2D eigenvalue weighted by Gasteiger charge is 2.18. The normalized spacial score (nSPS) is 15.4. The lowest BCUT2D eigenvalue weighted by molar-refractivity contribution is -0.143. The monoisotopic (exact) mass is 375 g/mol. The Morgan fingerprint density at radius 2 is 2.32 bits per heavy atom. The molecule has 0 aromatic carbocycles. The Bertz CT molecular complexity index is 803. The average Bonchev–Trinajstić information content (AvgIpc) is 3.20. The fourth-order valence-corrected chi connectivity index (χ4v) is 4.13. The summed E-state index contributed by atoms with van der Waals surface area (Å²) in [5.41, 5.74) is 1.54. The van der Waals surface area contributed by atoms with E-state index in [0.717, 1.165) is 26.3 Å². The Balaban J connectivity index is 1.86. The molecular weight excluding hydrogens is 358 g/mol. The molecule has 6 nitrogen and oxygen atoms in total. The molecule has 0 spiro atoms. The van der Waals surface area contributed by atoms with Gasteiger partial charge in [0.25, 0.3) is 0 Å². The van der Waals surface area contributed by atoms with Gasteiger partial charge in [-0.2, -0.15) is 0 Å². The summed E-state index contributed by atoms with van der Waals surface area (Å²) < 4.78 is 5.00. The fraction of sp³-hybridized carbons (Fsp3) is 0.294. The lowest BCUT2D eigenvalue weighted by Crippen LogP contribution is -2.13. The van der Waals surface area contributed by atoms with Gasteiger partial charge in [-0.3, -0.25) is 14.6 Å². The van der Waals surface area contributed by atoms with E-state index in [2.05, 4.69) is 15.3 Å². The zero-order valence-corrected chi connectivity index (χ0v) is 15.3. The molecule has 2 aromatic heterocycles. The molecule has 1 N–H and O–H groups in total. The van der Waals surface area contributed by atoms with Gasteiger partial charge in [0.15, 0.2) is 0 Å². The number of rotatable bonds is 6. The number of aryl methyl sites for hydroxylation is 1. The van der Waals surface area contributed by atoms with E-state index in [9.17, 15) is 9.59 Å². The molecule has 1 aliphatic rings. The molecule has 1 fully saturated rings. The molecule has 1 aliphatic heterocycles. The van der Waals surface area contributed by atoms with Crippen molar-refractivity contribution >= 4 is 41.1 Å². The molecule has 25 heavy (non-hydrogen) atoms. The van der Waals surface area contributed by atoms with E-state index in [4.69, 9.17) is 4.74 Å². The van der Waals surface area contributed by atoms with Crippen molar-refractivity contribution in [3.63, 3.8) is 0 Å². The maximum absolute atomic E-state index is 11.7. The number of hydrogen-bond donors (Lipinski definition) is 1. The SMILES string of the molecule is CCOC(=O)CCc1sc(/C=C2\NC(=O)CS2)nc1-c1ccccn1. The number of ether oxygens (including phenoxy) is 1. The van der Waals surface area contributed by atoms with Crippen LogP contribution in [0.2, 0.25) is 0 Å². The predicted molar refractivity (Wildman–Crippen MR) is 98.9 cm³/mol. The van der Waals surface area contributed by atoms with Crippen molar-refractivity contribution in [3.8, 4) is 11.4 Å². The van der Waals surface area contributed by atoms with E-state index in [1.54, 1.807) is 13.1 Å². The van der Waals surface area contributed by atoms with Gasteiger partial charge in [-0.05, 0) is 25.5 Å². The number of carbonyl (C=O) groups is 2. The number of thioether (sulfide) groups is 1. The lowest BCUT2D eigenvalue weighted by atomic mass is 10.2. The third kappa shape index (κ3) is 4.67. The van der Waals surface area contributed by atoms with Crippen LogP contribution in [-0.4, -0.2) is 34.2 Å². The molecule has 130 valence electrons. The quantitative estimate of drug-likeness (QED) is 0.782. The van der Waals surface area contributed by atoms with Crippen LogP contribution < -0.4 is 5.32 Å². The molecular formula is C17H17N3O3S2. The average molecular weight is 375 g/mol. The zero-order chi connectivity index (χ0) is 17.6. The second-order valence-electron chi connectivity index (χ2n) is 5.19. The minimum absolute atomic E-state index is 0.000269. The highest BCUT2D eigenvalue weighted by Crippen LogP contribution is 2.31. The van der Waals surface area contributed by atoms with Crippen LogP contribution in [0.3, 0.4) is 0 Å². The van der Waals surface area contributed by atoms with Crippen molar-refractivity contribution in [2.24, 2.45) is 0 Å². The van der Waals surface area contributed by atoms with E-state index in [1.807, 2.05) is 24.3 Å². The van der Waals surface area contributed by atoms with Crippen LogP contribution >= 0.6 is 23.1 Å². The number of amides is 1. The molecule has 1 amide bonds. The molecule has 0 saturated carbocycles. The Morgan fingerprint density at radius 3 is 3.00 bits per heavy atom. The first-order chi connectivity index (χ1) is 12.2. The maximum atomic E-state index is 11.7. The van der Waals surface area contributed by atoms with Crippen molar-refractivity contribution in [2.75, 3.05) is 12.4 Å². The van der Waals surface area contributed by atoms with E-state index in [0.29, 0.717) is 25.2 Å². The topological polar surface area (TPSA) is 81.2 Å². The molecule has 2 aromatic rings. The molecule has 0 unspecified atom stereocenters. The van der Waals surface area contributed by atoms with E-state index < -0.39 is 0 Å². The van der Waals surface area contributed by atoms with E-state index in [1.165, 1.54) is 23.1 Å². The molecule has 0 atom stereocenters. The highest BCUT2D eigenvalue weighted by molar-refractivity contribution is 8.04. The summed E-state index contributed by atoms with van der Waals surface area (Å²) in [7, 11) is 0. The number of thiazole rings is 1. The molecule has 0 bridgehead atoms. The Morgan fingerprint density at radius 1 is 1.44 bits per heavy atom. The Kier molecular flexibility index (Phi) is 5.83. The maximum Gasteiger partial charge on any atom is 0.306 e. The summed E-state index contributed by atoms with van der Waals surface area (Å²) in [5.74, 6) is 0.210. The number of carbonyl (C=O) groups excluding carboxylic acids is 2. The number of nitrogens with one attached hydrogen (secondary N) is 1. The minimum atomic E-state index is -0.221. The van der Waals surface area contributed by atoms with Crippen LogP contribution in [-0.2, 0) is 20.7 Å². The fourth-order valence-electron chi connectivity index (χ4n) is 2.30. The van der Waals surface area contributed by atoms with Gasteiger partial charge in [-0.25, -0.2) is 4.98 Å². The Labute approximate surface area is 153 Å². The highest BCUT2D eigenvalue weighted by atomic mass is 32.2. The van der Waals surface area contributed by atoms with Gasteiger partial charge in [0.2, 0.25) is 5.91 Å². The second kappa shape index (κ2) is 8.26. The van der Waals surface area contributed by atoms with Crippen LogP contribution in [0, 0.1) is 0 Å². The standard InChI is InChI=1S/C17H17N3O3S2/c1-2-23-16(22)7-6-12-17(11-5-3-4-8-18-11)20-15(25-12)9-14-19-13(21)10-24-14/h3-5,8-9H,2,6-7,10H2,1H3,(H,19,21)/b14-9+. The summed E-state index contributed by atoms with van der Waals surface area (Å²) >= 11 is 2.96. The largest absolute Gasteiger partial charge is 0.466 e. The van der Waals surface area contributed by atoms with Crippen LogP contribution in [0.5, 0.6) is 0 Å². The van der Waals surface area contributed by atoms with Gasteiger partial charge >= 0.3 is 5.97 Å². The summed E-state index contributed by atoms with van der Waals surface area (Å²) in [6.45, 7) is 2.17. The van der Waals surface area contributed by atoms with Crippen LogP contribution in [0.15, 0.2) is 29.4 Å². The number of pyridine rings is 1. The third-order valence-corrected chi connectivity index (χ3v) is 5.36. The zero-order valence-electron chi connectivity index (χ0n) is 13.7. The molecule has 0 aliphatic carbocycles. The minimum Gasteiger partial charge on any atom is -0.466 e. The summed E-state index contributed by atoms with van der Waals surface area (Å²) in [6, 6.07) is 5.65. The lowest BCUT2D eigenvalue weighted by Gasteiger charge is -2.02. The smallest absolute Gasteiger partial charge is 0.306 e. The number of aromatic nitrogens is 2. The van der Waals surface area contributed by atoms with Gasteiger partial charge in [-0.1, -0.05) is 17.8 Å². The first kappa shape index (κ1) is 17.6. The number of nitrogens with zero attached hydrogens (tertiary/aromatic N) is 2. The van der Waals surface area contributed by atoms with Gasteiger partial charge in [0, 0.05) is 17.2 Å². The molecule has 3 heterocycles. The molecule has 3 rings (SSSR count). The van der Waals surface area contributed by atoms with E-state index >= 15 is 0 Å². The number of esters is 1. The van der Waals surface area contributed by atoms with Crippen molar-refractivity contribution in [3.05, 3.63) is 39.3 Å². The molecule has 8 heteroatoms. The van der Waals surface area contributed by atoms with Crippen molar-refractivity contribution in [2.45, 2.75) is 19.8 Å². The second-order valence-corrected chi connectivity index (χ2v) is 7.32. The summed E-state index contributed by atoms with van der Waals surface area (Å²) in [5, 5.41) is 4.38. The van der Waals surface area contributed by atoms with Crippen LogP contribution in [0.25, 0.3) is 17.5 Å². The summed E-state index contributed by atoms with van der Waals surface area (Å²) in [6.07, 6.45) is 4.43. The van der Waals surface area contributed by atoms with Crippen molar-refractivity contribution < 1.29 is 14.3 Å². The predicted octanol–water partition coefficient (Wildman–Crippen LogP) is 2.86. The molecule has 0 radical (unpaired) electrons. The van der Waals surface area contributed by atoms with Crippen molar-refractivity contribution in [1.29, 1.82) is 0 Å². The van der Waals surface area contributed by atoms with Crippen LogP contribution in [0.1, 0.15) is 23.2 Å². The van der Waals surface area contributed by atoms with Crippen LogP contribution in [0.4, 0.5) is 0 Å². The Hall–Kier alpha value is -2.19. The third-order valence-electron chi connectivity index (χ3n) is 3.36. The van der Waals surface area contributed by atoms with Gasteiger partial charge in [-0.15, -0.1) is 11.3 Å². The first-order valence-electron chi connectivity index (χ1n) is 7.86. The molecule has 1 saturated heterocycles. The van der Waals surface area contributed by atoms with Crippen molar-refractivity contribution in [1.82, 2.24) is 15.3 Å². The van der Waals surface area contributed by atoms with Gasteiger partial charge < -0.3 is 10.1 Å². The van der Waals surface area contributed by atoms with E-state index in [-0.39, 0.29) is 11.9 Å². The number of hydrogen-bond acceptors (Lipinski definition) is 7. The summed E-state index contributed by atoms with van der Waals surface area (Å²) in [4.78, 5) is 33.0. The van der Waals surface area contributed by atoms with Gasteiger partial charge in [0.05, 0.1) is 29.5 Å².